The first-order valence-corrected chi connectivity index (χ1v) is 12.7. The molecule has 9 nitrogen and oxygen atoms in total. The molecule has 0 atom stereocenters. The van der Waals surface area contributed by atoms with Gasteiger partial charge in [-0.3, -0.25) is 13.9 Å². The second-order valence-corrected chi connectivity index (χ2v) is 9.68. The highest BCUT2D eigenvalue weighted by molar-refractivity contribution is 7.92. The monoisotopic (exact) mass is 508 g/mol. The van der Waals surface area contributed by atoms with E-state index in [1.54, 1.807) is 60.7 Å². The number of para-hydroxylation sites is 1. The summed E-state index contributed by atoms with van der Waals surface area (Å²) in [5.41, 5.74) is 4.75. The molecule has 3 aromatic carbocycles. The first-order chi connectivity index (χ1) is 17.2. The Morgan fingerprint density at radius 3 is 2.31 bits per heavy atom. The number of carbonyl (C=O) groups is 2. The number of benzene rings is 3. The molecule has 0 fully saturated rings. The Balaban J connectivity index is 1.82. The molecular weight excluding hydrogens is 480 g/mol. The lowest BCUT2D eigenvalue weighted by molar-refractivity contribution is -0.119. The minimum Gasteiger partial charge on any atom is -0.494 e. The molecule has 36 heavy (non-hydrogen) atoms. The summed E-state index contributed by atoms with van der Waals surface area (Å²) >= 11 is 0. The highest BCUT2D eigenvalue weighted by atomic mass is 32.2. The van der Waals surface area contributed by atoms with E-state index in [4.69, 9.17) is 4.74 Å². The largest absolute Gasteiger partial charge is 0.494 e. The Morgan fingerprint density at radius 2 is 1.67 bits per heavy atom. The zero-order valence-electron chi connectivity index (χ0n) is 20.3. The second kappa shape index (κ2) is 12.0. The number of nitrogens with one attached hydrogen (secondary N) is 2. The lowest BCUT2D eigenvalue weighted by Gasteiger charge is -2.24. The van der Waals surface area contributed by atoms with E-state index in [-0.39, 0.29) is 10.8 Å². The standard InChI is InChI=1S/C26H28N4O5S/c1-4-35-23-13-15-24(16-14-23)36(33,34)30(22-11-9-19(2)10-12-22)18-26(32)29-27-17-21-7-5-6-8-25(21)28-20(3)31/h5-17H,4,18H2,1-3H3,(H,28,31)(H,29,32)/b27-17+. The van der Waals surface area contributed by atoms with Crippen molar-refractivity contribution in [2.75, 3.05) is 22.8 Å². The number of nitrogens with zero attached hydrogens (tertiary/aromatic N) is 2. The van der Waals surface area contributed by atoms with Crippen LogP contribution in [0.4, 0.5) is 11.4 Å². The van der Waals surface area contributed by atoms with Crippen LogP contribution in [-0.2, 0) is 19.6 Å². The molecule has 0 aromatic heterocycles. The summed E-state index contributed by atoms with van der Waals surface area (Å²) in [6.07, 6.45) is 1.38. The number of anilines is 2. The quantitative estimate of drug-likeness (QED) is 0.320. The number of sulfonamides is 1. The Bertz CT molecular complexity index is 1340. The number of aryl methyl sites for hydroxylation is 1. The van der Waals surface area contributed by atoms with E-state index in [1.807, 2.05) is 13.8 Å². The molecule has 0 aliphatic rings. The topological polar surface area (TPSA) is 117 Å². The van der Waals surface area contributed by atoms with Crippen molar-refractivity contribution in [3.05, 3.63) is 83.9 Å². The summed E-state index contributed by atoms with van der Waals surface area (Å²) in [6.45, 7) is 5.07. The van der Waals surface area contributed by atoms with E-state index >= 15 is 0 Å². The molecule has 188 valence electrons. The number of hydrogen-bond donors (Lipinski definition) is 2. The molecule has 0 saturated carbocycles. The zero-order valence-corrected chi connectivity index (χ0v) is 21.1. The molecule has 0 heterocycles. The van der Waals surface area contributed by atoms with Crippen molar-refractivity contribution in [2.45, 2.75) is 25.7 Å². The SMILES string of the molecule is CCOc1ccc(S(=O)(=O)N(CC(=O)N/N=C/c2ccccc2NC(C)=O)c2ccc(C)cc2)cc1. The predicted molar refractivity (Wildman–Crippen MR) is 140 cm³/mol. The van der Waals surface area contributed by atoms with Crippen molar-refractivity contribution in [3.8, 4) is 5.75 Å². The third-order valence-corrected chi connectivity index (χ3v) is 6.78. The summed E-state index contributed by atoms with van der Waals surface area (Å²) in [5, 5.41) is 6.62. The van der Waals surface area contributed by atoms with Crippen LogP contribution in [-0.4, -0.2) is 39.6 Å². The third-order valence-electron chi connectivity index (χ3n) is 5.00. The van der Waals surface area contributed by atoms with E-state index in [1.165, 1.54) is 25.3 Å². The maximum Gasteiger partial charge on any atom is 0.264 e. The van der Waals surface area contributed by atoms with Crippen LogP contribution in [0.5, 0.6) is 5.75 Å². The van der Waals surface area contributed by atoms with Gasteiger partial charge in [-0.15, -0.1) is 0 Å². The molecule has 3 aromatic rings. The number of hydrogen-bond acceptors (Lipinski definition) is 6. The van der Waals surface area contributed by atoms with Crippen LogP contribution in [0.2, 0.25) is 0 Å². The summed E-state index contributed by atoms with van der Waals surface area (Å²) in [7, 11) is -4.07. The molecule has 0 bridgehead atoms. The number of carbonyl (C=O) groups excluding carboxylic acids is 2. The van der Waals surface area contributed by atoms with Crippen LogP contribution in [0.1, 0.15) is 25.0 Å². The lowest BCUT2D eigenvalue weighted by Crippen LogP contribution is -2.39. The molecule has 0 spiro atoms. The average molecular weight is 509 g/mol. The van der Waals surface area contributed by atoms with Gasteiger partial charge in [0.2, 0.25) is 5.91 Å². The Kier molecular flexibility index (Phi) is 8.80. The molecule has 0 aliphatic heterocycles. The van der Waals surface area contributed by atoms with Gasteiger partial charge in [-0.05, 0) is 56.3 Å². The van der Waals surface area contributed by atoms with Gasteiger partial charge in [-0.2, -0.15) is 5.10 Å². The van der Waals surface area contributed by atoms with Crippen molar-refractivity contribution in [1.29, 1.82) is 0 Å². The number of hydrazone groups is 1. The van der Waals surface area contributed by atoms with Crippen LogP contribution in [0.3, 0.4) is 0 Å². The van der Waals surface area contributed by atoms with Gasteiger partial charge in [-0.1, -0.05) is 35.9 Å². The van der Waals surface area contributed by atoms with Crippen LogP contribution < -0.4 is 19.8 Å². The molecule has 0 aliphatic carbocycles. The molecule has 0 unspecified atom stereocenters. The predicted octanol–water partition coefficient (Wildman–Crippen LogP) is 3.70. The van der Waals surface area contributed by atoms with Crippen molar-refractivity contribution < 1.29 is 22.7 Å². The minimum absolute atomic E-state index is 0.0204. The molecule has 3 rings (SSSR count). The maximum absolute atomic E-state index is 13.5. The fraction of sp³-hybridized carbons (Fsp3) is 0.192. The number of rotatable bonds is 10. The molecule has 10 heteroatoms. The van der Waals surface area contributed by atoms with Gasteiger partial charge in [0.25, 0.3) is 15.9 Å². The van der Waals surface area contributed by atoms with E-state index in [2.05, 4.69) is 15.8 Å². The lowest BCUT2D eigenvalue weighted by atomic mass is 10.2. The van der Waals surface area contributed by atoms with Gasteiger partial charge in [-0.25, -0.2) is 13.8 Å². The van der Waals surface area contributed by atoms with Gasteiger partial charge in [0.15, 0.2) is 0 Å². The van der Waals surface area contributed by atoms with Crippen LogP contribution >= 0.6 is 0 Å². The Labute approximate surface area is 210 Å². The summed E-state index contributed by atoms with van der Waals surface area (Å²) < 4.78 is 33.4. The second-order valence-electron chi connectivity index (χ2n) is 7.81. The highest BCUT2D eigenvalue weighted by Gasteiger charge is 2.27. The maximum atomic E-state index is 13.5. The summed E-state index contributed by atoms with van der Waals surface area (Å²) in [6, 6.07) is 19.8. The van der Waals surface area contributed by atoms with Crippen LogP contribution in [0.15, 0.2) is 82.8 Å². The van der Waals surface area contributed by atoms with Crippen molar-refractivity contribution in [2.24, 2.45) is 5.10 Å². The molecule has 2 N–H and O–H groups in total. The third kappa shape index (κ3) is 6.92. The first-order valence-electron chi connectivity index (χ1n) is 11.2. The average Bonchev–Trinajstić information content (AvgIpc) is 2.84. The summed E-state index contributed by atoms with van der Waals surface area (Å²) in [5.74, 6) is -0.337. The van der Waals surface area contributed by atoms with Gasteiger partial charge < -0.3 is 10.1 Å². The smallest absolute Gasteiger partial charge is 0.264 e. The zero-order chi connectivity index (χ0) is 26.1. The van der Waals surface area contributed by atoms with Gasteiger partial charge >= 0.3 is 0 Å². The van der Waals surface area contributed by atoms with Crippen molar-refractivity contribution in [1.82, 2.24) is 5.43 Å². The van der Waals surface area contributed by atoms with E-state index < -0.39 is 22.5 Å². The molecule has 0 radical (unpaired) electrons. The molecule has 2 amide bonds. The van der Waals surface area contributed by atoms with Gasteiger partial charge in [0.1, 0.15) is 12.3 Å². The molecule has 0 saturated heterocycles. The van der Waals surface area contributed by atoms with E-state index in [0.29, 0.717) is 29.3 Å². The van der Waals surface area contributed by atoms with E-state index in [0.717, 1.165) is 9.87 Å². The highest BCUT2D eigenvalue weighted by Crippen LogP contribution is 2.25. The summed E-state index contributed by atoms with van der Waals surface area (Å²) in [4.78, 5) is 24.2. The first kappa shape index (κ1) is 26.4. The van der Waals surface area contributed by atoms with Crippen LogP contribution in [0.25, 0.3) is 0 Å². The van der Waals surface area contributed by atoms with Crippen molar-refractivity contribution >= 4 is 39.4 Å². The fourth-order valence-electron chi connectivity index (χ4n) is 3.28. The fourth-order valence-corrected chi connectivity index (χ4v) is 4.70. The van der Waals surface area contributed by atoms with Gasteiger partial charge in [0, 0.05) is 18.2 Å². The minimum atomic E-state index is -4.07. The van der Waals surface area contributed by atoms with Crippen LogP contribution in [0, 0.1) is 6.92 Å². The van der Waals surface area contributed by atoms with Gasteiger partial charge in [0.05, 0.1) is 23.4 Å². The molecular formula is C26H28N4O5S. The Morgan fingerprint density at radius 1 is 1.00 bits per heavy atom. The van der Waals surface area contributed by atoms with E-state index in [9.17, 15) is 18.0 Å². The Hall–Kier alpha value is -4.18. The number of ether oxygens (including phenoxy) is 1. The normalized spacial score (nSPS) is 11.2. The van der Waals surface area contributed by atoms with Crippen molar-refractivity contribution in [3.63, 3.8) is 0 Å². The number of amides is 2.